The highest BCUT2D eigenvalue weighted by Crippen LogP contribution is 2.23. The molecule has 1 aromatic carbocycles. The predicted molar refractivity (Wildman–Crippen MR) is 88.2 cm³/mol. The number of thiazole rings is 1. The number of nitrogens with two attached hydrogens (primary N) is 1. The number of ether oxygens (including phenoxy) is 1. The summed E-state index contributed by atoms with van der Waals surface area (Å²) in [6.45, 7) is 1.73. The van der Waals surface area contributed by atoms with Crippen molar-refractivity contribution >= 4 is 29.7 Å². The fourth-order valence-corrected chi connectivity index (χ4v) is 3.03. The summed E-state index contributed by atoms with van der Waals surface area (Å²) < 4.78 is 18.7. The Labute approximate surface area is 143 Å². The highest BCUT2D eigenvalue weighted by Gasteiger charge is 2.27. The van der Waals surface area contributed by atoms with Crippen LogP contribution in [0.3, 0.4) is 0 Å². The molecule has 1 aliphatic heterocycles. The minimum atomic E-state index is -0.288. The molecule has 1 fully saturated rings. The zero-order chi connectivity index (χ0) is 15.5. The average molecular weight is 358 g/mol. The van der Waals surface area contributed by atoms with E-state index < -0.39 is 0 Å². The normalized spacial score (nSPS) is 17.7. The molecule has 124 valence electrons. The molecule has 1 unspecified atom stereocenters. The number of morpholine rings is 1. The SMILES string of the molecule is Cl.NCc1nc(C(=O)N2CCOC(c3ccc(F)cc3)C2)cs1. The predicted octanol–water partition coefficient (Wildman–Crippen LogP) is 2.38. The number of benzene rings is 1. The standard InChI is InChI=1S/C15H16FN3O2S.ClH/c16-11-3-1-10(2-4-11)13-8-19(5-6-21-13)15(20)12-9-22-14(7-17)18-12;/h1-4,9,13H,5-8,17H2;1H. The van der Waals surface area contributed by atoms with Crippen LogP contribution in [0.2, 0.25) is 0 Å². The Hall–Kier alpha value is -1.54. The van der Waals surface area contributed by atoms with Crippen LogP contribution in [0.1, 0.15) is 27.2 Å². The molecule has 1 amide bonds. The number of amides is 1. The van der Waals surface area contributed by atoms with Crippen molar-refractivity contribution in [3.63, 3.8) is 0 Å². The molecule has 3 rings (SSSR count). The van der Waals surface area contributed by atoms with E-state index in [0.29, 0.717) is 31.9 Å². The largest absolute Gasteiger partial charge is 0.370 e. The molecule has 1 aliphatic rings. The maximum absolute atomic E-state index is 13.0. The first-order valence-corrected chi connectivity index (χ1v) is 7.86. The summed E-state index contributed by atoms with van der Waals surface area (Å²) in [5.74, 6) is -0.407. The van der Waals surface area contributed by atoms with Crippen LogP contribution in [-0.2, 0) is 11.3 Å². The van der Waals surface area contributed by atoms with Gasteiger partial charge in [0.25, 0.3) is 5.91 Å². The maximum atomic E-state index is 13.0. The molecule has 1 aromatic heterocycles. The van der Waals surface area contributed by atoms with Crippen molar-refractivity contribution in [2.75, 3.05) is 19.7 Å². The number of nitrogens with zero attached hydrogens (tertiary/aromatic N) is 2. The minimum absolute atomic E-state index is 0. The second kappa shape index (κ2) is 7.83. The fraction of sp³-hybridized carbons (Fsp3) is 0.333. The van der Waals surface area contributed by atoms with Gasteiger partial charge >= 0.3 is 0 Å². The van der Waals surface area contributed by atoms with Crippen molar-refractivity contribution in [3.8, 4) is 0 Å². The lowest BCUT2D eigenvalue weighted by molar-refractivity contribution is -0.0230. The molecule has 2 N–H and O–H groups in total. The van der Waals surface area contributed by atoms with Gasteiger partial charge in [0, 0.05) is 18.5 Å². The minimum Gasteiger partial charge on any atom is -0.370 e. The zero-order valence-electron chi connectivity index (χ0n) is 12.3. The van der Waals surface area contributed by atoms with E-state index in [0.717, 1.165) is 10.6 Å². The van der Waals surface area contributed by atoms with Crippen LogP contribution in [0.25, 0.3) is 0 Å². The number of hydrogen-bond donors (Lipinski definition) is 1. The summed E-state index contributed by atoms with van der Waals surface area (Å²) in [7, 11) is 0. The monoisotopic (exact) mass is 357 g/mol. The first-order chi connectivity index (χ1) is 10.7. The second-order valence-corrected chi connectivity index (χ2v) is 5.94. The summed E-state index contributed by atoms with van der Waals surface area (Å²) in [5, 5.41) is 2.47. The number of carbonyl (C=O) groups is 1. The van der Waals surface area contributed by atoms with Gasteiger partial charge in [-0.1, -0.05) is 12.1 Å². The Kier molecular flexibility index (Phi) is 6.06. The third-order valence-corrected chi connectivity index (χ3v) is 4.41. The Bertz CT molecular complexity index is 665. The van der Waals surface area contributed by atoms with Crippen LogP contribution in [0.4, 0.5) is 4.39 Å². The highest BCUT2D eigenvalue weighted by atomic mass is 35.5. The molecule has 0 aliphatic carbocycles. The molecule has 2 heterocycles. The van der Waals surface area contributed by atoms with Crippen molar-refractivity contribution in [1.82, 2.24) is 9.88 Å². The van der Waals surface area contributed by atoms with Crippen molar-refractivity contribution in [2.45, 2.75) is 12.6 Å². The number of halogens is 2. The lowest BCUT2D eigenvalue weighted by Crippen LogP contribution is -2.42. The smallest absolute Gasteiger partial charge is 0.273 e. The second-order valence-electron chi connectivity index (χ2n) is 4.99. The molecule has 0 saturated carbocycles. The summed E-state index contributed by atoms with van der Waals surface area (Å²) in [6, 6.07) is 6.16. The molecule has 0 spiro atoms. The summed E-state index contributed by atoms with van der Waals surface area (Å²) in [6.07, 6.45) is -0.245. The lowest BCUT2D eigenvalue weighted by Gasteiger charge is -2.32. The van der Waals surface area contributed by atoms with Crippen LogP contribution < -0.4 is 5.73 Å². The van der Waals surface area contributed by atoms with E-state index in [4.69, 9.17) is 10.5 Å². The summed E-state index contributed by atoms with van der Waals surface area (Å²) >= 11 is 1.38. The molecule has 0 radical (unpaired) electrons. The van der Waals surface area contributed by atoms with Crippen LogP contribution in [-0.4, -0.2) is 35.5 Å². The molecule has 1 saturated heterocycles. The van der Waals surface area contributed by atoms with Gasteiger partial charge in [-0.3, -0.25) is 4.79 Å². The lowest BCUT2D eigenvalue weighted by atomic mass is 10.1. The van der Waals surface area contributed by atoms with E-state index in [-0.39, 0.29) is 30.2 Å². The van der Waals surface area contributed by atoms with E-state index in [2.05, 4.69) is 4.98 Å². The van der Waals surface area contributed by atoms with E-state index in [1.54, 1.807) is 22.4 Å². The van der Waals surface area contributed by atoms with Crippen molar-refractivity contribution in [2.24, 2.45) is 5.73 Å². The Morgan fingerprint density at radius 3 is 2.83 bits per heavy atom. The number of carbonyl (C=O) groups excluding carboxylic acids is 1. The zero-order valence-corrected chi connectivity index (χ0v) is 13.9. The number of aromatic nitrogens is 1. The van der Waals surface area contributed by atoms with Crippen molar-refractivity contribution in [1.29, 1.82) is 0 Å². The molecular formula is C15H17ClFN3O2S. The molecule has 23 heavy (non-hydrogen) atoms. The molecule has 2 aromatic rings. The van der Waals surface area contributed by atoms with Crippen LogP contribution in [0.5, 0.6) is 0 Å². The first-order valence-electron chi connectivity index (χ1n) is 6.98. The molecule has 5 nitrogen and oxygen atoms in total. The van der Waals surface area contributed by atoms with Crippen molar-refractivity contribution in [3.05, 3.63) is 51.7 Å². The molecular weight excluding hydrogens is 341 g/mol. The average Bonchev–Trinajstić information content (AvgIpc) is 3.04. The van der Waals surface area contributed by atoms with Gasteiger partial charge in [-0.05, 0) is 17.7 Å². The third kappa shape index (κ3) is 4.06. The quantitative estimate of drug-likeness (QED) is 0.915. The molecule has 0 bridgehead atoms. The molecule has 1 atom stereocenters. The Morgan fingerprint density at radius 2 is 2.17 bits per heavy atom. The first kappa shape index (κ1) is 17.8. The van der Waals surface area contributed by atoms with E-state index in [1.807, 2.05) is 0 Å². The summed E-state index contributed by atoms with van der Waals surface area (Å²) in [4.78, 5) is 18.4. The van der Waals surface area contributed by atoms with Gasteiger partial charge in [0.15, 0.2) is 0 Å². The fourth-order valence-electron chi connectivity index (χ4n) is 2.38. The van der Waals surface area contributed by atoms with Crippen LogP contribution in [0.15, 0.2) is 29.6 Å². The van der Waals surface area contributed by atoms with Gasteiger partial charge in [-0.15, -0.1) is 23.7 Å². The Balaban J connectivity index is 0.00000192. The van der Waals surface area contributed by atoms with E-state index in [1.165, 1.54) is 23.5 Å². The number of rotatable bonds is 3. The summed E-state index contributed by atoms with van der Waals surface area (Å²) in [5.41, 5.74) is 6.81. The third-order valence-electron chi connectivity index (χ3n) is 3.54. The highest BCUT2D eigenvalue weighted by molar-refractivity contribution is 7.09. The van der Waals surface area contributed by atoms with Crippen LogP contribution in [0, 0.1) is 5.82 Å². The number of hydrogen-bond acceptors (Lipinski definition) is 5. The Morgan fingerprint density at radius 1 is 1.43 bits per heavy atom. The van der Waals surface area contributed by atoms with Crippen LogP contribution >= 0.6 is 23.7 Å². The molecule has 8 heteroatoms. The van der Waals surface area contributed by atoms with Gasteiger partial charge in [0.2, 0.25) is 0 Å². The van der Waals surface area contributed by atoms with Gasteiger partial charge in [0.05, 0.1) is 13.2 Å². The topological polar surface area (TPSA) is 68.5 Å². The van der Waals surface area contributed by atoms with Gasteiger partial charge < -0.3 is 15.4 Å². The van der Waals surface area contributed by atoms with Gasteiger partial charge in [-0.25, -0.2) is 9.37 Å². The van der Waals surface area contributed by atoms with E-state index >= 15 is 0 Å². The maximum Gasteiger partial charge on any atom is 0.273 e. The van der Waals surface area contributed by atoms with Gasteiger partial charge in [0.1, 0.15) is 22.6 Å². The van der Waals surface area contributed by atoms with Crippen molar-refractivity contribution < 1.29 is 13.9 Å². The van der Waals surface area contributed by atoms with Gasteiger partial charge in [-0.2, -0.15) is 0 Å². The van der Waals surface area contributed by atoms with E-state index in [9.17, 15) is 9.18 Å².